The van der Waals surface area contributed by atoms with Crippen molar-refractivity contribution in [3.05, 3.63) is 33.8 Å². The summed E-state index contributed by atoms with van der Waals surface area (Å²) in [5.41, 5.74) is -0.468. The Kier molecular flexibility index (Phi) is 4.43. The van der Waals surface area contributed by atoms with Crippen LogP contribution >= 0.6 is 35.0 Å². The van der Waals surface area contributed by atoms with Gasteiger partial charge in [0.1, 0.15) is 0 Å². The molecule has 6 heteroatoms. The molecule has 0 radical (unpaired) electrons. The van der Waals surface area contributed by atoms with Gasteiger partial charge in [-0.1, -0.05) is 29.3 Å². The van der Waals surface area contributed by atoms with E-state index in [4.69, 9.17) is 23.2 Å². The predicted molar refractivity (Wildman–Crippen MR) is 75.7 cm³/mol. The standard InChI is InChI=1S/C12H13Cl2NO2S/c13-9-3-1-2-8(10(9)14)11(16)15-6-12(17)4-5-18-7-12/h1-3,17H,4-7H2,(H,15,16). The predicted octanol–water partition coefficient (Wildman–Crippen LogP) is 2.59. The average Bonchev–Trinajstić information content (AvgIpc) is 2.77. The van der Waals surface area contributed by atoms with Crippen molar-refractivity contribution < 1.29 is 9.90 Å². The molecule has 2 N–H and O–H groups in total. The summed E-state index contributed by atoms with van der Waals surface area (Å²) in [6.07, 6.45) is 0.696. The molecule has 1 fully saturated rings. The summed E-state index contributed by atoms with van der Waals surface area (Å²) in [6, 6.07) is 4.90. The molecule has 1 unspecified atom stereocenters. The van der Waals surface area contributed by atoms with E-state index in [1.54, 1.807) is 30.0 Å². The number of amides is 1. The zero-order valence-corrected chi connectivity index (χ0v) is 11.9. The molecule has 1 aliphatic heterocycles. The van der Waals surface area contributed by atoms with Crippen molar-refractivity contribution in [2.24, 2.45) is 0 Å². The third-order valence-electron chi connectivity index (χ3n) is 2.86. The lowest BCUT2D eigenvalue weighted by Crippen LogP contribution is -2.43. The van der Waals surface area contributed by atoms with Gasteiger partial charge in [0.25, 0.3) is 5.91 Å². The molecule has 2 rings (SSSR count). The van der Waals surface area contributed by atoms with Crippen LogP contribution in [0.15, 0.2) is 18.2 Å². The number of halogens is 2. The number of carbonyl (C=O) groups excluding carboxylic acids is 1. The van der Waals surface area contributed by atoms with Crippen molar-refractivity contribution in [2.45, 2.75) is 12.0 Å². The van der Waals surface area contributed by atoms with Crippen molar-refractivity contribution >= 4 is 40.9 Å². The second-order valence-corrected chi connectivity index (χ2v) is 6.20. The van der Waals surface area contributed by atoms with Crippen LogP contribution in [-0.2, 0) is 0 Å². The summed E-state index contributed by atoms with van der Waals surface area (Å²) in [7, 11) is 0. The summed E-state index contributed by atoms with van der Waals surface area (Å²) >= 11 is 13.5. The zero-order valence-electron chi connectivity index (χ0n) is 9.58. The van der Waals surface area contributed by atoms with Gasteiger partial charge in [0, 0.05) is 12.3 Å². The fraction of sp³-hybridized carbons (Fsp3) is 0.417. The summed E-state index contributed by atoms with van der Waals surface area (Å²) in [5.74, 6) is 1.26. The molecular weight excluding hydrogens is 293 g/mol. The summed E-state index contributed by atoms with van der Waals surface area (Å²) in [5, 5.41) is 13.4. The Hall–Kier alpha value is -0.420. The quantitative estimate of drug-likeness (QED) is 0.902. The molecule has 1 aliphatic rings. The minimum absolute atomic E-state index is 0.238. The number of carbonyl (C=O) groups is 1. The molecule has 1 saturated heterocycles. The number of thioether (sulfide) groups is 1. The van der Waals surface area contributed by atoms with Crippen LogP contribution in [0.1, 0.15) is 16.8 Å². The molecule has 1 aromatic carbocycles. The molecule has 1 amide bonds. The number of rotatable bonds is 3. The first-order chi connectivity index (χ1) is 8.52. The van der Waals surface area contributed by atoms with Crippen molar-refractivity contribution in [3.8, 4) is 0 Å². The molecule has 0 saturated carbocycles. The van der Waals surface area contributed by atoms with Crippen molar-refractivity contribution in [2.75, 3.05) is 18.1 Å². The summed E-state index contributed by atoms with van der Waals surface area (Å²) in [4.78, 5) is 11.9. The largest absolute Gasteiger partial charge is 0.387 e. The molecule has 1 aromatic rings. The second-order valence-electron chi connectivity index (χ2n) is 4.31. The van der Waals surface area contributed by atoms with Crippen LogP contribution in [0.5, 0.6) is 0 Å². The number of hydrogen-bond donors (Lipinski definition) is 2. The van der Waals surface area contributed by atoms with E-state index in [9.17, 15) is 9.90 Å². The molecule has 0 aromatic heterocycles. The summed E-state index contributed by atoms with van der Waals surface area (Å²) < 4.78 is 0. The van der Waals surface area contributed by atoms with E-state index in [-0.39, 0.29) is 17.5 Å². The highest BCUT2D eigenvalue weighted by Gasteiger charge is 2.32. The van der Waals surface area contributed by atoms with Gasteiger partial charge in [-0.05, 0) is 24.3 Å². The highest BCUT2D eigenvalue weighted by atomic mass is 35.5. The SMILES string of the molecule is O=C(NCC1(O)CCSC1)c1cccc(Cl)c1Cl. The summed E-state index contributed by atoms with van der Waals surface area (Å²) in [6.45, 7) is 0.238. The highest BCUT2D eigenvalue weighted by Crippen LogP contribution is 2.28. The third kappa shape index (κ3) is 3.12. The lowest BCUT2D eigenvalue weighted by atomic mass is 10.0. The first-order valence-corrected chi connectivity index (χ1v) is 7.45. The van der Waals surface area contributed by atoms with Gasteiger partial charge in [-0.3, -0.25) is 4.79 Å². The Balaban J connectivity index is 2.01. The van der Waals surface area contributed by atoms with Crippen molar-refractivity contribution in [1.82, 2.24) is 5.32 Å². The van der Waals surface area contributed by atoms with Gasteiger partial charge in [0.15, 0.2) is 0 Å². The maximum absolute atomic E-state index is 11.9. The molecule has 0 bridgehead atoms. The lowest BCUT2D eigenvalue weighted by molar-refractivity contribution is 0.0612. The van der Waals surface area contributed by atoms with Crippen LogP contribution in [0.25, 0.3) is 0 Å². The van der Waals surface area contributed by atoms with Crippen LogP contribution in [0.3, 0.4) is 0 Å². The molecule has 0 spiro atoms. The Labute approximate surface area is 120 Å². The smallest absolute Gasteiger partial charge is 0.252 e. The molecule has 3 nitrogen and oxygen atoms in total. The van der Waals surface area contributed by atoms with Crippen LogP contribution in [0.2, 0.25) is 10.0 Å². The van der Waals surface area contributed by atoms with Gasteiger partial charge in [-0.25, -0.2) is 0 Å². The second kappa shape index (κ2) is 5.70. The fourth-order valence-corrected chi connectivity index (χ4v) is 3.44. The number of nitrogens with one attached hydrogen (secondary N) is 1. The minimum atomic E-state index is -0.800. The topological polar surface area (TPSA) is 49.3 Å². The maximum Gasteiger partial charge on any atom is 0.252 e. The molecular formula is C12H13Cl2NO2S. The maximum atomic E-state index is 11.9. The van der Waals surface area contributed by atoms with Gasteiger partial charge < -0.3 is 10.4 Å². The van der Waals surface area contributed by atoms with E-state index in [0.717, 1.165) is 5.75 Å². The Morgan fingerprint density at radius 3 is 2.94 bits per heavy atom. The zero-order chi connectivity index (χ0) is 13.2. The Bertz CT molecular complexity index is 461. The van der Waals surface area contributed by atoms with E-state index in [1.165, 1.54) is 0 Å². The van der Waals surface area contributed by atoms with Crippen LogP contribution in [0, 0.1) is 0 Å². The number of hydrogen-bond acceptors (Lipinski definition) is 3. The first-order valence-electron chi connectivity index (χ1n) is 5.54. The molecule has 98 valence electrons. The minimum Gasteiger partial charge on any atom is -0.387 e. The monoisotopic (exact) mass is 305 g/mol. The van der Waals surface area contributed by atoms with Gasteiger partial charge in [0.2, 0.25) is 0 Å². The average molecular weight is 306 g/mol. The fourth-order valence-electron chi connectivity index (χ4n) is 1.76. The number of benzene rings is 1. The van der Waals surface area contributed by atoms with E-state index in [0.29, 0.717) is 22.8 Å². The van der Waals surface area contributed by atoms with Crippen LogP contribution < -0.4 is 5.32 Å². The third-order valence-corrected chi connectivity index (χ3v) is 4.91. The molecule has 1 atom stereocenters. The normalized spacial score (nSPS) is 23.1. The van der Waals surface area contributed by atoms with E-state index >= 15 is 0 Å². The molecule has 18 heavy (non-hydrogen) atoms. The van der Waals surface area contributed by atoms with E-state index in [1.807, 2.05) is 0 Å². The molecule has 0 aliphatic carbocycles. The van der Waals surface area contributed by atoms with Gasteiger partial charge >= 0.3 is 0 Å². The highest BCUT2D eigenvalue weighted by molar-refractivity contribution is 7.99. The van der Waals surface area contributed by atoms with Crippen molar-refractivity contribution in [3.63, 3.8) is 0 Å². The van der Waals surface area contributed by atoms with Gasteiger partial charge in [-0.2, -0.15) is 11.8 Å². The lowest BCUT2D eigenvalue weighted by Gasteiger charge is -2.21. The van der Waals surface area contributed by atoms with Crippen molar-refractivity contribution in [1.29, 1.82) is 0 Å². The van der Waals surface area contributed by atoms with E-state index < -0.39 is 5.60 Å². The first kappa shape index (κ1) is 14.0. The molecule has 1 heterocycles. The Morgan fingerprint density at radius 1 is 1.50 bits per heavy atom. The van der Waals surface area contributed by atoms with Gasteiger partial charge in [-0.15, -0.1) is 0 Å². The van der Waals surface area contributed by atoms with E-state index in [2.05, 4.69) is 5.32 Å². The Morgan fingerprint density at radius 2 is 2.28 bits per heavy atom. The van der Waals surface area contributed by atoms with Crippen LogP contribution in [0.4, 0.5) is 0 Å². The van der Waals surface area contributed by atoms with Gasteiger partial charge in [0.05, 0.1) is 21.2 Å². The van der Waals surface area contributed by atoms with Crippen LogP contribution in [-0.4, -0.2) is 34.7 Å². The number of aliphatic hydroxyl groups is 1.